The number of carbonyl (C=O) groups is 2. The molecule has 2 rings (SSSR count). The molecule has 2 aromatic rings. The van der Waals surface area contributed by atoms with Gasteiger partial charge < -0.3 is 24.3 Å². The number of halogens is 1. The molecule has 148 valence electrons. The van der Waals surface area contributed by atoms with E-state index in [1.54, 1.807) is 30.3 Å². The molecule has 0 aliphatic rings. The number of rotatable bonds is 8. The Morgan fingerprint density at radius 1 is 1.00 bits per heavy atom. The summed E-state index contributed by atoms with van der Waals surface area (Å²) in [6, 6.07) is 9.95. The van der Waals surface area contributed by atoms with Gasteiger partial charge in [-0.3, -0.25) is 4.79 Å². The Morgan fingerprint density at radius 2 is 1.71 bits per heavy atom. The zero-order chi connectivity index (χ0) is 20.5. The lowest BCUT2D eigenvalue weighted by molar-refractivity contribution is -0.142. The van der Waals surface area contributed by atoms with Crippen LogP contribution in [-0.4, -0.2) is 39.8 Å². The van der Waals surface area contributed by atoms with Gasteiger partial charge in [0.2, 0.25) is 0 Å². The Balaban J connectivity index is 1.94. The lowest BCUT2D eigenvalue weighted by atomic mass is 10.1. The van der Waals surface area contributed by atoms with E-state index in [0.29, 0.717) is 33.5 Å². The van der Waals surface area contributed by atoms with Crippen molar-refractivity contribution in [3.8, 4) is 17.2 Å². The molecular formula is C20H20ClNO6. The topological polar surface area (TPSA) is 83.1 Å². The number of anilines is 1. The van der Waals surface area contributed by atoms with E-state index in [1.165, 1.54) is 39.5 Å². The van der Waals surface area contributed by atoms with E-state index in [4.69, 9.17) is 30.5 Å². The van der Waals surface area contributed by atoms with Crippen LogP contribution in [0.4, 0.5) is 5.69 Å². The van der Waals surface area contributed by atoms with E-state index in [0.717, 1.165) is 0 Å². The zero-order valence-electron chi connectivity index (χ0n) is 15.7. The van der Waals surface area contributed by atoms with Crippen molar-refractivity contribution < 1.29 is 28.5 Å². The molecular weight excluding hydrogens is 386 g/mol. The van der Waals surface area contributed by atoms with Crippen LogP contribution in [0.2, 0.25) is 5.02 Å². The highest BCUT2D eigenvalue weighted by Crippen LogP contribution is 2.27. The van der Waals surface area contributed by atoms with Gasteiger partial charge in [-0.25, -0.2) is 4.79 Å². The van der Waals surface area contributed by atoms with Crippen LogP contribution in [0.3, 0.4) is 0 Å². The number of methoxy groups -OCH3 is 3. The Hall–Kier alpha value is -3.19. The molecule has 0 aliphatic carbocycles. The molecule has 0 saturated carbocycles. The summed E-state index contributed by atoms with van der Waals surface area (Å²) in [4.78, 5) is 23.9. The fourth-order valence-corrected chi connectivity index (χ4v) is 2.45. The van der Waals surface area contributed by atoms with Crippen LogP contribution in [0, 0.1) is 0 Å². The minimum absolute atomic E-state index is 0.382. The van der Waals surface area contributed by atoms with Crippen LogP contribution in [0.15, 0.2) is 42.5 Å². The molecule has 0 fully saturated rings. The molecule has 8 heteroatoms. The SMILES string of the molecule is COc1ccc(OC)c(/C=C/C(=O)OCC(=O)Nc2cc(Cl)ccc2OC)c1. The average molecular weight is 406 g/mol. The van der Waals surface area contributed by atoms with Crippen LogP contribution >= 0.6 is 11.6 Å². The monoisotopic (exact) mass is 405 g/mol. The smallest absolute Gasteiger partial charge is 0.331 e. The molecule has 7 nitrogen and oxygen atoms in total. The predicted molar refractivity (Wildman–Crippen MR) is 106 cm³/mol. The number of amides is 1. The van der Waals surface area contributed by atoms with Crippen molar-refractivity contribution >= 4 is 35.2 Å². The van der Waals surface area contributed by atoms with Gasteiger partial charge in [-0.05, 0) is 42.5 Å². The third-order valence-corrected chi connectivity index (χ3v) is 3.85. The van der Waals surface area contributed by atoms with Crippen LogP contribution in [0.5, 0.6) is 17.2 Å². The standard InChI is InChI=1S/C20H20ClNO6/c1-25-15-6-8-17(26-2)13(10-15)4-9-20(24)28-12-19(23)22-16-11-14(21)5-7-18(16)27-3/h4-11H,12H2,1-3H3,(H,22,23)/b9-4+. The van der Waals surface area contributed by atoms with Gasteiger partial charge >= 0.3 is 5.97 Å². The number of benzene rings is 2. The lowest BCUT2D eigenvalue weighted by Gasteiger charge is -2.10. The molecule has 0 radical (unpaired) electrons. The third kappa shape index (κ3) is 5.92. The van der Waals surface area contributed by atoms with E-state index < -0.39 is 18.5 Å². The number of esters is 1. The molecule has 28 heavy (non-hydrogen) atoms. The van der Waals surface area contributed by atoms with Gasteiger partial charge in [0.1, 0.15) is 17.2 Å². The van der Waals surface area contributed by atoms with E-state index in [2.05, 4.69) is 5.32 Å². The molecule has 0 aliphatic heterocycles. The highest BCUT2D eigenvalue weighted by atomic mass is 35.5. The van der Waals surface area contributed by atoms with Crippen molar-refractivity contribution in [1.29, 1.82) is 0 Å². The summed E-state index contributed by atoms with van der Waals surface area (Å²) in [6.45, 7) is -0.464. The Bertz CT molecular complexity index is 881. The number of carbonyl (C=O) groups excluding carboxylic acids is 2. The van der Waals surface area contributed by atoms with E-state index in [-0.39, 0.29) is 0 Å². The zero-order valence-corrected chi connectivity index (χ0v) is 16.4. The van der Waals surface area contributed by atoms with Gasteiger partial charge in [-0.15, -0.1) is 0 Å². The van der Waals surface area contributed by atoms with Gasteiger partial charge in [0.15, 0.2) is 6.61 Å². The molecule has 0 aromatic heterocycles. The number of ether oxygens (including phenoxy) is 4. The Morgan fingerprint density at radius 3 is 2.39 bits per heavy atom. The van der Waals surface area contributed by atoms with Gasteiger partial charge in [0, 0.05) is 16.7 Å². The van der Waals surface area contributed by atoms with Crippen LogP contribution in [-0.2, 0) is 14.3 Å². The van der Waals surface area contributed by atoms with Crippen molar-refractivity contribution in [2.45, 2.75) is 0 Å². The highest BCUT2D eigenvalue weighted by Gasteiger charge is 2.10. The molecule has 0 spiro atoms. The third-order valence-electron chi connectivity index (χ3n) is 3.62. The van der Waals surface area contributed by atoms with Crippen LogP contribution < -0.4 is 19.5 Å². The highest BCUT2D eigenvalue weighted by molar-refractivity contribution is 6.31. The Kier molecular flexibility index (Phi) is 7.71. The van der Waals surface area contributed by atoms with E-state index >= 15 is 0 Å². The van der Waals surface area contributed by atoms with Crippen molar-refractivity contribution in [2.24, 2.45) is 0 Å². The molecule has 1 N–H and O–H groups in total. The molecule has 0 atom stereocenters. The maximum absolute atomic E-state index is 12.0. The van der Waals surface area contributed by atoms with Crippen molar-refractivity contribution in [1.82, 2.24) is 0 Å². The summed E-state index contributed by atoms with van der Waals surface area (Å²) in [5.41, 5.74) is 1.01. The maximum atomic E-state index is 12.0. The lowest BCUT2D eigenvalue weighted by Crippen LogP contribution is -2.20. The number of hydrogen-bond acceptors (Lipinski definition) is 6. The first-order valence-electron chi connectivity index (χ1n) is 8.17. The summed E-state index contributed by atoms with van der Waals surface area (Å²) in [6.07, 6.45) is 2.71. The van der Waals surface area contributed by atoms with E-state index in [9.17, 15) is 9.59 Å². The maximum Gasteiger partial charge on any atom is 0.331 e. The molecule has 2 aromatic carbocycles. The number of nitrogens with one attached hydrogen (secondary N) is 1. The van der Waals surface area contributed by atoms with E-state index in [1.807, 2.05) is 0 Å². The minimum Gasteiger partial charge on any atom is -0.497 e. The first-order valence-corrected chi connectivity index (χ1v) is 8.55. The summed E-state index contributed by atoms with van der Waals surface area (Å²) in [7, 11) is 4.53. The Labute approximate surface area is 167 Å². The molecule has 1 amide bonds. The minimum atomic E-state index is -0.682. The quantitative estimate of drug-likeness (QED) is 0.534. The average Bonchev–Trinajstić information content (AvgIpc) is 2.70. The van der Waals surface area contributed by atoms with Gasteiger partial charge in [-0.2, -0.15) is 0 Å². The second-order valence-corrected chi connectivity index (χ2v) is 5.88. The summed E-state index contributed by atoms with van der Waals surface area (Å²) >= 11 is 5.91. The second-order valence-electron chi connectivity index (χ2n) is 5.44. The predicted octanol–water partition coefficient (Wildman–Crippen LogP) is 3.56. The molecule has 0 saturated heterocycles. The van der Waals surface area contributed by atoms with Crippen molar-refractivity contribution in [3.05, 3.63) is 53.1 Å². The van der Waals surface area contributed by atoms with Crippen LogP contribution in [0.25, 0.3) is 6.08 Å². The van der Waals surface area contributed by atoms with Crippen molar-refractivity contribution in [3.63, 3.8) is 0 Å². The molecule has 0 heterocycles. The van der Waals surface area contributed by atoms with Gasteiger partial charge in [0.05, 0.1) is 27.0 Å². The first kappa shape index (κ1) is 21.1. The molecule has 0 bridgehead atoms. The van der Waals surface area contributed by atoms with Gasteiger partial charge in [-0.1, -0.05) is 11.6 Å². The van der Waals surface area contributed by atoms with Crippen LogP contribution in [0.1, 0.15) is 5.56 Å². The van der Waals surface area contributed by atoms with Crippen molar-refractivity contribution in [2.75, 3.05) is 33.3 Å². The normalized spacial score (nSPS) is 10.4. The fraction of sp³-hybridized carbons (Fsp3) is 0.200. The van der Waals surface area contributed by atoms with Gasteiger partial charge in [0.25, 0.3) is 5.91 Å². The summed E-state index contributed by atoms with van der Waals surface area (Å²) in [5.74, 6) is 0.410. The number of hydrogen-bond donors (Lipinski definition) is 1. The largest absolute Gasteiger partial charge is 0.497 e. The summed E-state index contributed by atoms with van der Waals surface area (Å²) < 4.78 is 20.5. The first-order chi connectivity index (χ1) is 13.5. The second kappa shape index (κ2) is 10.2. The fourth-order valence-electron chi connectivity index (χ4n) is 2.28. The molecule has 0 unspecified atom stereocenters. The summed E-state index contributed by atoms with van der Waals surface area (Å²) in [5, 5.41) is 3.01.